The van der Waals surface area contributed by atoms with E-state index in [9.17, 15) is 0 Å². The highest BCUT2D eigenvalue weighted by atomic mass is 35.5. The zero-order chi connectivity index (χ0) is 9.26. The monoisotopic (exact) mass is 230 g/mol. The molecule has 4 nitrogen and oxygen atoms in total. The second-order valence-electron chi connectivity index (χ2n) is 2.74. The quantitative estimate of drug-likeness (QED) is 0.826. The van der Waals surface area contributed by atoms with Crippen molar-refractivity contribution >= 4 is 23.7 Å². The number of aromatic nitrogens is 3. The molecule has 0 radical (unpaired) electrons. The lowest BCUT2D eigenvalue weighted by atomic mass is 10.2. The molecule has 0 amide bonds. The molecule has 0 atom stereocenters. The number of hydrogen-bond donors (Lipinski definition) is 2. The van der Waals surface area contributed by atoms with Crippen molar-refractivity contribution in [1.29, 1.82) is 0 Å². The highest BCUT2D eigenvalue weighted by Crippen LogP contribution is 2.22. The first-order valence-corrected chi connectivity index (χ1v) is 4.84. The summed E-state index contributed by atoms with van der Waals surface area (Å²) >= 11 is 1.58. The zero-order valence-corrected chi connectivity index (χ0v) is 9.28. The molecule has 14 heavy (non-hydrogen) atoms. The molecule has 0 unspecified atom stereocenters. The van der Waals surface area contributed by atoms with Crippen molar-refractivity contribution in [3.05, 3.63) is 22.3 Å². The van der Waals surface area contributed by atoms with Crippen molar-refractivity contribution in [3.63, 3.8) is 0 Å². The minimum absolute atomic E-state index is 0. The van der Waals surface area contributed by atoms with E-state index in [4.69, 9.17) is 5.73 Å². The smallest absolute Gasteiger partial charge is 0.107 e. The number of thiazole rings is 1. The predicted octanol–water partition coefficient (Wildman–Crippen LogP) is 1.72. The summed E-state index contributed by atoms with van der Waals surface area (Å²) in [7, 11) is 0. The van der Waals surface area contributed by atoms with Crippen LogP contribution in [0.15, 0.2) is 11.6 Å². The lowest BCUT2D eigenvalue weighted by Gasteiger charge is -1.91. The van der Waals surface area contributed by atoms with Crippen LogP contribution in [0.3, 0.4) is 0 Å². The molecule has 2 aromatic rings. The van der Waals surface area contributed by atoms with Gasteiger partial charge < -0.3 is 5.73 Å². The van der Waals surface area contributed by atoms with Crippen LogP contribution in [-0.2, 0) is 6.54 Å². The summed E-state index contributed by atoms with van der Waals surface area (Å²) in [5, 5.41) is 9.77. The summed E-state index contributed by atoms with van der Waals surface area (Å²) in [6.07, 6.45) is 1.78. The summed E-state index contributed by atoms with van der Waals surface area (Å²) in [6, 6.07) is 0. The molecule has 0 aromatic carbocycles. The van der Waals surface area contributed by atoms with Crippen molar-refractivity contribution in [3.8, 4) is 11.3 Å². The molecule has 6 heteroatoms. The van der Waals surface area contributed by atoms with Crippen LogP contribution in [0.5, 0.6) is 0 Å². The molecular formula is C8H11ClN4S. The average Bonchev–Trinajstić information content (AvgIpc) is 2.71. The molecule has 0 saturated carbocycles. The van der Waals surface area contributed by atoms with E-state index in [2.05, 4.69) is 15.2 Å². The fourth-order valence-electron chi connectivity index (χ4n) is 1.14. The van der Waals surface area contributed by atoms with Crippen LogP contribution in [0, 0.1) is 6.92 Å². The van der Waals surface area contributed by atoms with Gasteiger partial charge in [-0.25, -0.2) is 4.98 Å². The largest absolute Gasteiger partial charge is 0.325 e. The van der Waals surface area contributed by atoms with Crippen molar-refractivity contribution < 1.29 is 0 Å². The maximum atomic E-state index is 5.48. The number of rotatable bonds is 2. The second-order valence-corrected chi connectivity index (χ2v) is 3.68. The van der Waals surface area contributed by atoms with Gasteiger partial charge in [-0.2, -0.15) is 5.10 Å². The first kappa shape index (κ1) is 11.2. The molecule has 0 fully saturated rings. The summed E-state index contributed by atoms with van der Waals surface area (Å²) in [4.78, 5) is 4.37. The van der Waals surface area contributed by atoms with E-state index < -0.39 is 0 Å². The van der Waals surface area contributed by atoms with Gasteiger partial charge in [0.15, 0.2) is 0 Å². The lowest BCUT2D eigenvalue weighted by Crippen LogP contribution is -1.94. The van der Waals surface area contributed by atoms with Crippen LogP contribution in [-0.4, -0.2) is 15.2 Å². The van der Waals surface area contributed by atoms with E-state index in [1.165, 1.54) is 0 Å². The third-order valence-electron chi connectivity index (χ3n) is 1.83. The van der Waals surface area contributed by atoms with E-state index in [0.29, 0.717) is 6.54 Å². The first-order chi connectivity index (χ1) is 6.31. The van der Waals surface area contributed by atoms with E-state index in [1.54, 1.807) is 17.5 Å². The highest BCUT2D eigenvalue weighted by Gasteiger charge is 2.07. The van der Waals surface area contributed by atoms with Gasteiger partial charge in [-0.15, -0.1) is 23.7 Å². The maximum Gasteiger partial charge on any atom is 0.107 e. The van der Waals surface area contributed by atoms with Crippen LogP contribution in [0.25, 0.3) is 11.3 Å². The minimum atomic E-state index is 0. The Bertz CT molecular complexity index is 409. The Morgan fingerprint density at radius 1 is 1.57 bits per heavy atom. The number of nitrogens with one attached hydrogen (secondary N) is 1. The molecule has 0 bridgehead atoms. The maximum absolute atomic E-state index is 5.48. The molecule has 0 aliphatic rings. The molecular weight excluding hydrogens is 220 g/mol. The number of nitrogens with zero attached hydrogens (tertiary/aromatic N) is 2. The first-order valence-electron chi connectivity index (χ1n) is 3.96. The van der Waals surface area contributed by atoms with E-state index in [0.717, 1.165) is 22.0 Å². The molecule has 0 aliphatic carbocycles. The SMILES string of the molecule is Cc1[nH]ncc1-c1csc(CN)n1.Cl. The van der Waals surface area contributed by atoms with Gasteiger partial charge in [-0.1, -0.05) is 0 Å². The third-order valence-corrected chi connectivity index (χ3v) is 2.70. The highest BCUT2D eigenvalue weighted by molar-refractivity contribution is 7.09. The van der Waals surface area contributed by atoms with Gasteiger partial charge >= 0.3 is 0 Å². The third kappa shape index (κ3) is 1.95. The van der Waals surface area contributed by atoms with Gasteiger partial charge in [-0.3, -0.25) is 5.10 Å². The Morgan fingerprint density at radius 2 is 2.36 bits per heavy atom. The summed E-state index contributed by atoms with van der Waals surface area (Å²) in [5.41, 5.74) is 8.52. The van der Waals surface area contributed by atoms with E-state index >= 15 is 0 Å². The average molecular weight is 231 g/mol. The summed E-state index contributed by atoms with van der Waals surface area (Å²) < 4.78 is 0. The van der Waals surface area contributed by atoms with Gasteiger partial charge in [0, 0.05) is 23.2 Å². The topological polar surface area (TPSA) is 67.6 Å². The van der Waals surface area contributed by atoms with Crippen LogP contribution >= 0.6 is 23.7 Å². The number of hydrogen-bond acceptors (Lipinski definition) is 4. The van der Waals surface area contributed by atoms with Gasteiger partial charge in [-0.05, 0) is 6.92 Å². The standard InChI is InChI=1S/C8H10N4S.ClH/c1-5-6(3-10-12-5)7-4-13-8(2-9)11-7;/h3-4H,2,9H2,1H3,(H,10,12);1H. The number of nitrogens with two attached hydrogens (primary N) is 1. The lowest BCUT2D eigenvalue weighted by molar-refractivity contribution is 1.04. The molecule has 0 spiro atoms. The molecule has 2 rings (SSSR count). The summed E-state index contributed by atoms with van der Waals surface area (Å²) in [6.45, 7) is 2.48. The Morgan fingerprint density at radius 3 is 2.86 bits per heavy atom. The Balaban J connectivity index is 0.000000980. The van der Waals surface area contributed by atoms with Gasteiger partial charge in [0.05, 0.1) is 11.9 Å². The van der Waals surface area contributed by atoms with Crippen LogP contribution in [0.4, 0.5) is 0 Å². The fourth-order valence-corrected chi connectivity index (χ4v) is 1.81. The molecule has 2 aromatic heterocycles. The summed E-state index contributed by atoms with van der Waals surface area (Å²) in [5.74, 6) is 0. The van der Waals surface area contributed by atoms with Crippen molar-refractivity contribution in [1.82, 2.24) is 15.2 Å². The fraction of sp³-hybridized carbons (Fsp3) is 0.250. The minimum Gasteiger partial charge on any atom is -0.325 e. The van der Waals surface area contributed by atoms with Crippen LogP contribution < -0.4 is 5.73 Å². The number of aromatic amines is 1. The Hall–Kier alpha value is -0.910. The van der Waals surface area contributed by atoms with Gasteiger partial charge in [0.2, 0.25) is 0 Å². The Labute approximate surface area is 92.0 Å². The van der Waals surface area contributed by atoms with E-state index in [1.807, 2.05) is 12.3 Å². The Kier molecular flexibility index (Phi) is 3.62. The second kappa shape index (κ2) is 4.54. The van der Waals surface area contributed by atoms with Crippen molar-refractivity contribution in [2.45, 2.75) is 13.5 Å². The predicted molar refractivity (Wildman–Crippen MR) is 59.6 cm³/mol. The molecule has 2 heterocycles. The van der Waals surface area contributed by atoms with Crippen LogP contribution in [0.1, 0.15) is 10.7 Å². The molecule has 0 aliphatic heterocycles. The molecule has 76 valence electrons. The normalized spacial score (nSPS) is 9.86. The number of H-pyrrole nitrogens is 1. The zero-order valence-electron chi connectivity index (χ0n) is 7.65. The molecule has 3 N–H and O–H groups in total. The van der Waals surface area contributed by atoms with E-state index in [-0.39, 0.29) is 12.4 Å². The van der Waals surface area contributed by atoms with Gasteiger partial charge in [0.25, 0.3) is 0 Å². The van der Waals surface area contributed by atoms with Crippen LogP contribution in [0.2, 0.25) is 0 Å². The van der Waals surface area contributed by atoms with Crippen molar-refractivity contribution in [2.24, 2.45) is 5.73 Å². The van der Waals surface area contributed by atoms with Gasteiger partial charge in [0.1, 0.15) is 5.01 Å². The van der Waals surface area contributed by atoms with Crippen molar-refractivity contribution in [2.75, 3.05) is 0 Å². The number of aryl methyl sites for hydroxylation is 1. The molecule has 0 saturated heterocycles. The number of halogens is 1.